The third-order valence-corrected chi connectivity index (χ3v) is 2.99. The zero-order valence-electron chi connectivity index (χ0n) is 8.77. The topological polar surface area (TPSA) is 70.0 Å². The lowest BCUT2D eigenvalue weighted by molar-refractivity contribution is 0.291. The van der Waals surface area contributed by atoms with Gasteiger partial charge < -0.3 is 5.73 Å². The molecule has 0 aromatic carbocycles. The largest absolute Gasteiger partial charge is 0.393 e. The fraction of sp³-hybridized carbons (Fsp3) is 0.600. The molecule has 0 unspecified atom stereocenters. The zero-order valence-corrected chi connectivity index (χ0v) is 8.77. The van der Waals surface area contributed by atoms with Gasteiger partial charge in [0, 0.05) is 18.8 Å². The summed E-state index contributed by atoms with van der Waals surface area (Å²) in [4.78, 5) is 23.6. The molecule has 0 amide bonds. The SMILES string of the molecule is CCn1cc(N)c(=O)n(C2CCC2)c1=O. The van der Waals surface area contributed by atoms with Gasteiger partial charge in [-0.2, -0.15) is 0 Å². The van der Waals surface area contributed by atoms with Crippen LogP contribution in [0.25, 0.3) is 0 Å². The number of hydrogen-bond acceptors (Lipinski definition) is 3. The van der Waals surface area contributed by atoms with Gasteiger partial charge in [-0.3, -0.25) is 13.9 Å². The van der Waals surface area contributed by atoms with Gasteiger partial charge in [0.1, 0.15) is 5.69 Å². The minimum atomic E-state index is -0.339. The van der Waals surface area contributed by atoms with Gasteiger partial charge in [0.15, 0.2) is 0 Å². The van der Waals surface area contributed by atoms with Crippen molar-refractivity contribution in [3.8, 4) is 0 Å². The Morgan fingerprint density at radius 1 is 1.47 bits per heavy atom. The standard InChI is InChI=1S/C10H15N3O2/c1-2-12-6-8(11)9(14)13(10(12)15)7-4-3-5-7/h6-7H,2-5,11H2,1H3. The summed E-state index contributed by atoms with van der Waals surface area (Å²) in [5, 5.41) is 0. The smallest absolute Gasteiger partial charge is 0.331 e. The predicted molar refractivity (Wildman–Crippen MR) is 57.9 cm³/mol. The Hall–Kier alpha value is -1.52. The van der Waals surface area contributed by atoms with Crippen LogP contribution in [-0.2, 0) is 6.54 Å². The maximum Gasteiger partial charge on any atom is 0.331 e. The van der Waals surface area contributed by atoms with E-state index in [1.807, 2.05) is 6.92 Å². The van der Waals surface area contributed by atoms with Crippen LogP contribution in [0.3, 0.4) is 0 Å². The van der Waals surface area contributed by atoms with Crippen LogP contribution in [-0.4, -0.2) is 9.13 Å². The van der Waals surface area contributed by atoms with Crippen molar-refractivity contribution in [3.05, 3.63) is 27.0 Å². The van der Waals surface area contributed by atoms with Crippen LogP contribution in [0.15, 0.2) is 15.8 Å². The summed E-state index contributed by atoms with van der Waals surface area (Å²) in [6.45, 7) is 2.40. The number of anilines is 1. The van der Waals surface area contributed by atoms with Crippen molar-refractivity contribution >= 4 is 5.69 Å². The number of aryl methyl sites for hydroxylation is 1. The van der Waals surface area contributed by atoms with E-state index in [-0.39, 0.29) is 23.0 Å². The van der Waals surface area contributed by atoms with Crippen molar-refractivity contribution in [2.45, 2.75) is 38.8 Å². The van der Waals surface area contributed by atoms with Crippen LogP contribution in [0.1, 0.15) is 32.2 Å². The van der Waals surface area contributed by atoms with Gasteiger partial charge >= 0.3 is 5.69 Å². The molecule has 1 heterocycles. The highest BCUT2D eigenvalue weighted by Gasteiger charge is 2.24. The van der Waals surface area contributed by atoms with Crippen molar-refractivity contribution < 1.29 is 0 Å². The van der Waals surface area contributed by atoms with E-state index in [4.69, 9.17) is 5.73 Å². The average molecular weight is 209 g/mol. The van der Waals surface area contributed by atoms with Gasteiger partial charge in [0.2, 0.25) is 0 Å². The Kier molecular flexibility index (Phi) is 2.38. The van der Waals surface area contributed by atoms with E-state index in [1.165, 1.54) is 15.3 Å². The fourth-order valence-corrected chi connectivity index (χ4v) is 1.84. The van der Waals surface area contributed by atoms with Crippen molar-refractivity contribution in [1.29, 1.82) is 0 Å². The van der Waals surface area contributed by atoms with E-state index in [1.54, 1.807) is 0 Å². The quantitative estimate of drug-likeness (QED) is 0.763. The van der Waals surface area contributed by atoms with Gasteiger partial charge in [-0.1, -0.05) is 0 Å². The van der Waals surface area contributed by atoms with Gasteiger partial charge in [0.25, 0.3) is 5.56 Å². The first-order chi connectivity index (χ1) is 7.15. The number of nitrogen functional groups attached to an aromatic ring is 1. The second kappa shape index (κ2) is 3.56. The predicted octanol–water partition coefficient (Wildman–Crippen LogP) is 0.337. The summed E-state index contributed by atoms with van der Waals surface area (Å²) in [6.07, 6.45) is 4.32. The minimum absolute atomic E-state index is 0.0614. The van der Waals surface area contributed by atoms with Crippen LogP contribution in [0.4, 0.5) is 5.69 Å². The van der Waals surface area contributed by atoms with Crippen LogP contribution in [0.5, 0.6) is 0 Å². The molecule has 0 radical (unpaired) electrons. The molecule has 1 aromatic rings. The lowest BCUT2D eigenvalue weighted by Crippen LogP contribution is -2.44. The monoisotopic (exact) mass is 209 g/mol. The highest BCUT2D eigenvalue weighted by atomic mass is 16.2. The zero-order chi connectivity index (χ0) is 11.0. The molecule has 1 aromatic heterocycles. The first-order valence-corrected chi connectivity index (χ1v) is 5.26. The molecular weight excluding hydrogens is 194 g/mol. The van der Waals surface area contributed by atoms with Crippen LogP contribution >= 0.6 is 0 Å². The lowest BCUT2D eigenvalue weighted by Gasteiger charge is -2.27. The minimum Gasteiger partial charge on any atom is -0.393 e. The van der Waals surface area contributed by atoms with E-state index in [0.717, 1.165) is 19.3 Å². The van der Waals surface area contributed by atoms with Crippen LogP contribution in [0, 0.1) is 0 Å². The maximum absolute atomic E-state index is 11.9. The summed E-state index contributed by atoms with van der Waals surface area (Å²) in [5.41, 5.74) is 5.17. The molecule has 1 aliphatic carbocycles. The lowest BCUT2D eigenvalue weighted by atomic mass is 9.93. The summed E-state index contributed by atoms with van der Waals surface area (Å²) in [6, 6.07) is 0.0614. The Balaban J connectivity index is 2.64. The van der Waals surface area contributed by atoms with Gasteiger partial charge in [-0.15, -0.1) is 0 Å². The van der Waals surface area contributed by atoms with Crippen molar-refractivity contribution in [3.63, 3.8) is 0 Å². The van der Waals surface area contributed by atoms with Gasteiger partial charge in [-0.25, -0.2) is 4.79 Å². The van der Waals surface area contributed by atoms with E-state index >= 15 is 0 Å². The van der Waals surface area contributed by atoms with Crippen molar-refractivity contribution in [2.75, 3.05) is 5.73 Å². The summed E-state index contributed by atoms with van der Waals surface area (Å²) in [7, 11) is 0. The summed E-state index contributed by atoms with van der Waals surface area (Å²) in [5.74, 6) is 0. The van der Waals surface area contributed by atoms with E-state index in [2.05, 4.69) is 0 Å². The molecule has 2 N–H and O–H groups in total. The van der Waals surface area contributed by atoms with Crippen LogP contribution < -0.4 is 17.0 Å². The van der Waals surface area contributed by atoms with Crippen molar-refractivity contribution in [2.24, 2.45) is 0 Å². The molecule has 82 valence electrons. The normalized spacial score (nSPS) is 16.3. The van der Waals surface area contributed by atoms with Gasteiger partial charge in [-0.05, 0) is 26.2 Å². The van der Waals surface area contributed by atoms with E-state index in [9.17, 15) is 9.59 Å². The highest BCUT2D eigenvalue weighted by Crippen LogP contribution is 2.28. The van der Waals surface area contributed by atoms with Crippen molar-refractivity contribution in [1.82, 2.24) is 9.13 Å². The molecule has 0 aliphatic heterocycles. The summed E-state index contributed by atoms with van der Waals surface area (Å²) >= 11 is 0. The molecule has 1 saturated carbocycles. The first-order valence-electron chi connectivity index (χ1n) is 5.26. The first kappa shape index (κ1) is 10.0. The molecule has 0 saturated heterocycles. The number of aromatic nitrogens is 2. The molecule has 0 atom stereocenters. The Labute approximate surface area is 87.1 Å². The second-order valence-electron chi connectivity index (χ2n) is 3.91. The molecule has 5 heteroatoms. The van der Waals surface area contributed by atoms with E-state index in [0.29, 0.717) is 6.54 Å². The van der Waals surface area contributed by atoms with Gasteiger partial charge in [0.05, 0.1) is 0 Å². The molecular formula is C10H15N3O2. The Morgan fingerprint density at radius 3 is 2.60 bits per heavy atom. The molecule has 1 fully saturated rings. The second-order valence-corrected chi connectivity index (χ2v) is 3.91. The summed E-state index contributed by atoms with van der Waals surface area (Å²) < 4.78 is 2.79. The molecule has 0 spiro atoms. The molecule has 2 rings (SSSR count). The Bertz CT molecular complexity index is 482. The number of rotatable bonds is 2. The highest BCUT2D eigenvalue weighted by molar-refractivity contribution is 5.31. The number of hydrogen-bond donors (Lipinski definition) is 1. The molecule has 5 nitrogen and oxygen atoms in total. The Morgan fingerprint density at radius 2 is 2.13 bits per heavy atom. The number of nitrogens with zero attached hydrogens (tertiary/aromatic N) is 2. The van der Waals surface area contributed by atoms with E-state index < -0.39 is 0 Å². The average Bonchev–Trinajstić information content (AvgIpc) is 2.15. The maximum atomic E-state index is 11.9. The van der Waals surface area contributed by atoms with Crippen LogP contribution in [0.2, 0.25) is 0 Å². The fourth-order valence-electron chi connectivity index (χ4n) is 1.84. The third kappa shape index (κ3) is 1.48. The molecule has 0 bridgehead atoms. The third-order valence-electron chi connectivity index (χ3n) is 2.99. The molecule has 1 aliphatic rings. The number of nitrogens with two attached hydrogens (primary N) is 1. The molecule has 15 heavy (non-hydrogen) atoms.